The van der Waals surface area contributed by atoms with Gasteiger partial charge in [-0.3, -0.25) is 9.59 Å². The number of fused-ring (bicyclic) bond motifs is 1. The lowest BCUT2D eigenvalue weighted by Crippen LogP contribution is -2.48. The van der Waals surface area contributed by atoms with Gasteiger partial charge in [0.25, 0.3) is 5.91 Å². The highest BCUT2D eigenvalue weighted by Crippen LogP contribution is 2.21. The molecule has 1 aliphatic rings. The summed E-state index contributed by atoms with van der Waals surface area (Å²) in [7, 11) is 6.96. The molecular weight excluding hydrogens is 402 g/mol. The molecule has 0 heterocycles. The van der Waals surface area contributed by atoms with Crippen molar-refractivity contribution < 1.29 is 9.59 Å². The minimum absolute atomic E-state index is 0.0139. The number of aryl methyl sites for hydroxylation is 1. The van der Waals surface area contributed by atoms with Crippen molar-refractivity contribution >= 4 is 17.8 Å². The Kier molecular flexibility index (Phi) is 7.87. The molecule has 1 atom stereocenters. The van der Waals surface area contributed by atoms with Crippen LogP contribution in [0.3, 0.4) is 0 Å². The second kappa shape index (κ2) is 10.8. The first-order valence-corrected chi connectivity index (χ1v) is 11.0. The van der Waals surface area contributed by atoms with Crippen LogP contribution in [0.15, 0.2) is 53.5 Å². The molecule has 0 fully saturated rings. The van der Waals surface area contributed by atoms with Gasteiger partial charge in [0.05, 0.1) is 13.1 Å². The first-order valence-electron chi connectivity index (χ1n) is 11.0. The SMILES string of the molecule is CN(C)C(=O)CNC(=NCc1ccc(C(=O)N(C)C)cc1)NC1CCc2ccccc2C1. The zero-order valence-corrected chi connectivity index (χ0v) is 19.4. The van der Waals surface area contributed by atoms with Crippen LogP contribution in [0.25, 0.3) is 0 Å². The molecule has 0 radical (unpaired) electrons. The van der Waals surface area contributed by atoms with Crippen LogP contribution in [0.2, 0.25) is 0 Å². The maximum Gasteiger partial charge on any atom is 0.253 e. The largest absolute Gasteiger partial charge is 0.353 e. The van der Waals surface area contributed by atoms with Crippen molar-refractivity contribution in [3.63, 3.8) is 0 Å². The molecule has 0 aliphatic heterocycles. The summed E-state index contributed by atoms with van der Waals surface area (Å²) in [6.45, 7) is 0.629. The number of carbonyl (C=O) groups is 2. The number of likely N-dealkylation sites (N-methyl/N-ethyl adjacent to an activating group) is 1. The molecule has 1 aliphatic carbocycles. The van der Waals surface area contributed by atoms with Gasteiger partial charge < -0.3 is 20.4 Å². The molecule has 1 unspecified atom stereocenters. The summed E-state index contributed by atoms with van der Waals surface area (Å²) in [5, 5.41) is 6.69. The van der Waals surface area contributed by atoms with Gasteiger partial charge in [0.2, 0.25) is 5.91 Å². The quantitative estimate of drug-likeness (QED) is 0.538. The summed E-state index contributed by atoms with van der Waals surface area (Å²) in [5.41, 5.74) is 4.42. The molecule has 0 aromatic heterocycles. The summed E-state index contributed by atoms with van der Waals surface area (Å²) in [6, 6.07) is 16.3. The van der Waals surface area contributed by atoms with E-state index < -0.39 is 0 Å². The van der Waals surface area contributed by atoms with E-state index in [4.69, 9.17) is 4.99 Å². The number of carbonyl (C=O) groups excluding carboxylic acids is 2. The fourth-order valence-corrected chi connectivity index (χ4v) is 3.67. The number of aliphatic imine (C=N–C) groups is 1. The number of benzene rings is 2. The number of guanidine groups is 1. The van der Waals surface area contributed by atoms with E-state index in [9.17, 15) is 9.59 Å². The van der Waals surface area contributed by atoms with E-state index in [1.54, 1.807) is 38.0 Å². The van der Waals surface area contributed by atoms with E-state index in [-0.39, 0.29) is 24.4 Å². The Balaban J connectivity index is 1.68. The molecule has 32 heavy (non-hydrogen) atoms. The van der Waals surface area contributed by atoms with Gasteiger partial charge in [-0.25, -0.2) is 4.99 Å². The van der Waals surface area contributed by atoms with E-state index in [0.717, 1.165) is 24.8 Å². The van der Waals surface area contributed by atoms with Gasteiger partial charge in [0, 0.05) is 39.8 Å². The van der Waals surface area contributed by atoms with Crippen LogP contribution in [-0.4, -0.2) is 68.4 Å². The summed E-state index contributed by atoms with van der Waals surface area (Å²) in [4.78, 5) is 32.0. The third kappa shape index (κ3) is 6.33. The summed E-state index contributed by atoms with van der Waals surface area (Å²) in [5.74, 6) is 0.585. The zero-order valence-electron chi connectivity index (χ0n) is 19.4. The predicted octanol–water partition coefficient (Wildman–Crippen LogP) is 2.07. The normalized spacial score (nSPS) is 15.5. The lowest BCUT2D eigenvalue weighted by atomic mass is 9.88. The number of nitrogens with zero attached hydrogens (tertiary/aromatic N) is 3. The van der Waals surface area contributed by atoms with Crippen LogP contribution >= 0.6 is 0 Å². The van der Waals surface area contributed by atoms with Gasteiger partial charge in [0.15, 0.2) is 5.96 Å². The summed E-state index contributed by atoms with van der Waals surface area (Å²) < 4.78 is 0. The number of nitrogens with one attached hydrogen (secondary N) is 2. The fraction of sp³-hybridized carbons (Fsp3) is 0.400. The molecule has 7 nitrogen and oxygen atoms in total. The maximum absolute atomic E-state index is 12.1. The standard InChI is InChI=1S/C25H33N5O2/c1-29(2)23(31)17-27-25(28-22-14-13-19-7-5-6-8-21(19)15-22)26-16-18-9-11-20(12-10-18)24(32)30(3)4/h5-12,22H,13-17H2,1-4H3,(H2,26,27,28). The van der Waals surface area contributed by atoms with Crippen LogP contribution in [0, 0.1) is 0 Å². The minimum atomic E-state index is -0.0242. The molecule has 0 spiro atoms. The van der Waals surface area contributed by atoms with E-state index in [1.165, 1.54) is 11.1 Å². The Morgan fingerprint density at radius 3 is 2.31 bits per heavy atom. The average Bonchev–Trinajstić information content (AvgIpc) is 2.80. The Morgan fingerprint density at radius 1 is 0.969 bits per heavy atom. The van der Waals surface area contributed by atoms with E-state index >= 15 is 0 Å². The van der Waals surface area contributed by atoms with E-state index in [1.807, 2.05) is 24.3 Å². The number of hydrogen-bond donors (Lipinski definition) is 2. The highest BCUT2D eigenvalue weighted by Gasteiger charge is 2.19. The van der Waals surface area contributed by atoms with Gasteiger partial charge in [-0.05, 0) is 48.1 Å². The van der Waals surface area contributed by atoms with Crippen LogP contribution in [0.4, 0.5) is 0 Å². The molecule has 2 aromatic rings. The highest BCUT2D eigenvalue weighted by atomic mass is 16.2. The predicted molar refractivity (Wildman–Crippen MR) is 128 cm³/mol. The number of hydrogen-bond acceptors (Lipinski definition) is 3. The minimum Gasteiger partial charge on any atom is -0.353 e. The molecule has 3 rings (SSSR count). The third-order valence-electron chi connectivity index (χ3n) is 5.62. The Hall–Kier alpha value is -3.35. The van der Waals surface area contributed by atoms with Crippen LogP contribution in [0.5, 0.6) is 0 Å². The van der Waals surface area contributed by atoms with Crippen molar-refractivity contribution in [2.45, 2.75) is 31.8 Å². The van der Waals surface area contributed by atoms with Gasteiger partial charge in [-0.2, -0.15) is 0 Å². The first-order chi connectivity index (χ1) is 15.3. The van der Waals surface area contributed by atoms with Crippen molar-refractivity contribution in [2.75, 3.05) is 34.7 Å². The van der Waals surface area contributed by atoms with Gasteiger partial charge in [-0.1, -0.05) is 36.4 Å². The second-order valence-electron chi connectivity index (χ2n) is 8.56. The van der Waals surface area contributed by atoms with Gasteiger partial charge in [0.1, 0.15) is 0 Å². The van der Waals surface area contributed by atoms with Crippen molar-refractivity contribution in [1.29, 1.82) is 0 Å². The van der Waals surface area contributed by atoms with E-state index in [0.29, 0.717) is 18.1 Å². The van der Waals surface area contributed by atoms with E-state index in [2.05, 4.69) is 34.9 Å². The molecule has 2 amide bonds. The Labute approximate surface area is 190 Å². The van der Waals surface area contributed by atoms with Crippen molar-refractivity contribution in [3.05, 3.63) is 70.8 Å². The van der Waals surface area contributed by atoms with Gasteiger partial charge >= 0.3 is 0 Å². The molecular formula is C25H33N5O2. The smallest absolute Gasteiger partial charge is 0.253 e. The Morgan fingerprint density at radius 2 is 1.66 bits per heavy atom. The summed E-state index contributed by atoms with van der Waals surface area (Å²) in [6.07, 6.45) is 2.97. The fourth-order valence-electron chi connectivity index (χ4n) is 3.67. The van der Waals surface area contributed by atoms with Crippen molar-refractivity contribution in [1.82, 2.24) is 20.4 Å². The molecule has 2 N–H and O–H groups in total. The first kappa shape index (κ1) is 23.3. The topological polar surface area (TPSA) is 77.0 Å². The molecule has 7 heteroatoms. The van der Waals surface area contributed by atoms with Gasteiger partial charge in [-0.15, -0.1) is 0 Å². The second-order valence-corrected chi connectivity index (χ2v) is 8.56. The lowest BCUT2D eigenvalue weighted by molar-refractivity contribution is -0.127. The molecule has 0 bridgehead atoms. The maximum atomic E-state index is 12.1. The molecule has 170 valence electrons. The third-order valence-corrected chi connectivity index (χ3v) is 5.62. The number of amides is 2. The highest BCUT2D eigenvalue weighted by molar-refractivity contribution is 5.93. The molecule has 0 saturated heterocycles. The van der Waals surface area contributed by atoms with Crippen LogP contribution in [-0.2, 0) is 24.2 Å². The van der Waals surface area contributed by atoms with Crippen LogP contribution in [0.1, 0.15) is 33.5 Å². The van der Waals surface area contributed by atoms with Crippen LogP contribution < -0.4 is 10.6 Å². The average molecular weight is 436 g/mol. The molecule has 2 aromatic carbocycles. The molecule has 0 saturated carbocycles. The zero-order chi connectivity index (χ0) is 23.1. The lowest BCUT2D eigenvalue weighted by Gasteiger charge is -2.27. The monoisotopic (exact) mass is 435 g/mol. The van der Waals surface area contributed by atoms with Crippen molar-refractivity contribution in [2.24, 2.45) is 4.99 Å². The number of rotatable bonds is 6. The van der Waals surface area contributed by atoms with Crippen molar-refractivity contribution in [3.8, 4) is 0 Å². The summed E-state index contributed by atoms with van der Waals surface area (Å²) >= 11 is 0. The Bertz CT molecular complexity index is 967.